The summed E-state index contributed by atoms with van der Waals surface area (Å²) in [4.78, 5) is 16.6. The Morgan fingerprint density at radius 2 is 2.43 bits per heavy atom. The van der Waals surface area contributed by atoms with Crippen molar-refractivity contribution in [3.8, 4) is 0 Å². The molecule has 1 amide bonds. The van der Waals surface area contributed by atoms with Gasteiger partial charge in [0.25, 0.3) is 5.91 Å². The normalized spacial score (nSPS) is 14.8. The van der Waals surface area contributed by atoms with E-state index in [1.165, 1.54) is 11.3 Å². The number of thiophene rings is 1. The van der Waals surface area contributed by atoms with E-state index in [0.29, 0.717) is 11.6 Å². The van der Waals surface area contributed by atoms with E-state index in [4.69, 9.17) is 0 Å². The number of carbonyl (C=O) groups is 1. The van der Waals surface area contributed by atoms with Crippen molar-refractivity contribution in [1.82, 2.24) is 15.1 Å². The molecule has 3 rings (SSSR count). The SMILES string of the molecule is CCn1cc(/C=N/c2sccc2C(=O)NC2CC2)c(C)n1. The van der Waals surface area contributed by atoms with Crippen LogP contribution in [0, 0.1) is 6.92 Å². The first kappa shape index (κ1) is 14.0. The number of aryl methyl sites for hydroxylation is 2. The second-order valence-corrected chi connectivity index (χ2v) is 6.07. The van der Waals surface area contributed by atoms with E-state index in [0.717, 1.165) is 35.6 Å². The minimum absolute atomic E-state index is 0.0214. The number of rotatable bonds is 5. The van der Waals surface area contributed by atoms with Crippen LogP contribution in [0.5, 0.6) is 0 Å². The molecule has 0 saturated heterocycles. The lowest BCUT2D eigenvalue weighted by atomic mass is 10.3. The third-order valence-electron chi connectivity index (χ3n) is 3.43. The zero-order valence-electron chi connectivity index (χ0n) is 12.2. The molecule has 1 N–H and O–H groups in total. The molecule has 21 heavy (non-hydrogen) atoms. The summed E-state index contributed by atoms with van der Waals surface area (Å²) < 4.78 is 1.88. The predicted octanol–water partition coefficient (Wildman–Crippen LogP) is 2.92. The maximum Gasteiger partial charge on any atom is 0.254 e. The van der Waals surface area contributed by atoms with Crippen LogP contribution in [0.15, 0.2) is 22.6 Å². The van der Waals surface area contributed by atoms with Crippen molar-refractivity contribution in [2.45, 2.75) is 39.3 Å². The van der Waals surface area contributed by atoms with Crippen molar-refractivity contribution in [3.05, 3.63) is 34.5 Å². The van der Waals surface area contributed by atoms with Gasteiger partial charge in [-0.2, -0.15) is 5.10 Å². The van der Waals surface area contributed by atoms with E-state index < -0.39 is 0 Å². The Labute approximate surface area is 127 Å². The molecule has 0 aliphatic heterocycles. The van der Waals surface area contributed by atoms with Gasteiger partial charge in [-0.25, -0.2) is 4.99 Å². The molecule has 0 unspecified atom stereocenters. The van der Waals surface area contributed by atoms with Crippen LogP contribution in [0.3, 0.4) is 0 Å². The number of nitrogens with one attached hydrogen (secondary N) is 1. The van der Waals surface area contributed by atoms with Gasteiger partial charge in [0.15, 0.2) is 0 Å². The van der Waals surface area contributed by atoms with Gasteiger partial charge in [0.2, 0.25) is 0 Å². The van der Waals surface area contributed by atoms with Crippen molar-refractivity contribution in [2.75, 3.05) is 0 Å². The summed E-state index contributed by atoms with van der Waals surface area (Å²) in [5, 5.41) is 10.0. The van der Waals surface area contributed by atoms with E-state index in [2.05, 4.69) is 15.4 Å². The van der Waals surface area contributed by atoms with E-state index in [1.54, 1.807) is 6.21 Å². The van der Waals surface area contributed by atoms with Crippen LogP contribution in [0.4, 0.5) is 5.00 Å². The summed E-state index contributed by atoms with van der Waals surface area (Å²) in [6.45, 7) is 4.85. The summed E-state index contributed by atoms with van der Waals surface area (Å²) in [7, 11) is 0. The highest BCUT2D eigenvalue weighted by molar-refractivity contribution is 7.14. The fraction of sp³-hybridized carbons (Fsp3) is 0.400. The highest BCUT2D eigenvalue weighted by Crippen LogP contribution is 2.28. The second kappa shape index (κ2) is 5.81. The highest BCUT2D eigenvalue weighted by atomic mass is 32.1. The van der Waals surface area contributed by atoms with Gasteiger partial charge in [-0.05, 0) is 38.1 Å². The number of aromatic nitrogens is 2. The van der Waals surface area contributed by atoms with Gasteiger partial charge in [-0.15, -0.1) is 11.3 Å². The van der Waals surface area contributed by atoms with Gasteiger partial charge in [-0.1, -0.05) is 0 Å². The van der Waals surface area contributed by atoms with Crippen LogP contribution in [0.1, 0.15) is 41.4 Å². The molecule has 6 heteroatoms. The molecule has 1 saturated carbocycles. The zero-order chi connectivity index (χ0) is 14.8. The smallest absolute Gasteiger partial charge is 0.254 e. The number of hydrogen-bond donors (Lipinski definition) is 1. The lowest BCUT2D eigenvalue weighted by molar-refractivity contribution is 0.0952. The van der Waals surface area contributed by atoms with Crippen molar-refractivity contribution in [2.24, 2.45) is 4.99 Å². The number of aliphatic imine (C=N–C) groups is 1. The lowest BCUT2D eigenvalue weighted by Gasteiger charge is -2.01. The minimum atomic E-state index is -0.0214. The number of carbonyl (C=O) groups excluding carboxylic acids is 1. The van der Waals surface area contributed by atoms with Crippen LogP contribution in [-0.4, -0.2) is 27.9 Å². The summed E-state index contributed by atoms with van der Waals surface area (Å²) in [6.07, 6.45) is 5.93. The van der Waals surface area contributed by atoms with Crippen LogP contribution in [0.25, 0.3) is 0 Å². The first-order valence-corrected chi connectivity index (χ1v) is 8.02. The maximum absolute atomic E-state index is 12.1. The Bertz CT molecular complexity index is 682. The Balaban J connectivity index is 1.77. The van der Waals surface area contributed by atoms with Crippen molar-refractivity contribution in [1.29, 1.82) is 0 Å². The number of nitrogens with zero attached hydrogens (tertiary/aromatic N) is 3. The lowest BCUT2D eigenvalue weighted by Crippen LogP contribution is -2.24. The molecule has 2 heterocycles. The van der Waals surface area contributed by atoms with Gasteiger partial charge in [0, 0.05) is 30.6 Å². The average Bonchev–Trinajstić information content (AvgIpc) is 3.02. The van der Waals surface area contributed by atoms with Crippen molar-refractivity contribution in [3.63, 3.8) is 0 Å². The molecule has 0 radical (unpaired) electrons. The van der Waals surface area contributed by atoms with Crippen LogP contribution in [0.2, 0.25) is 0 Å². The topological polar surface area (TPSA) is 59.3 Å². The van der Waals surface area contributed by atoms with E-state index >= 15 is 0 Å². The Morgan fingerprint density at radius 3 is 3.10 bits per heavy atom. The quantitative estimate of drug-likeness (QED) is 0.863. The third kappa shape index (κ3) is 3.21. The Morgan fingerprint density at radius 1 is 1.62 bits per heavy atom. The van der Waals surface area contributed by atoms with E-state index in [9.17, 15) is 4.79 Å². The summed E-state index contributed by atoms with van der Waals surface area (Å²) >= 11 is 1.48. The summed E-state index contributed by atoms with van der Waals surface area (Å²) in [5.41, 5.74) is 2.59. The van der Waals surface area contributed by atoms with E-state index in [1.807, 2.05) is 36.2 Å². The molecular weight excluding hydrogens is 284 g/mol. The van der Waals surface area contributed by atoms with Crippen LogP contribution in [-0.2, 0) is 6.54 Å². The molecule has 0 aromatic carbocycles. The van der Waals surface area contributed by atoms with Crippen LogP contribution < -0.4 is 5.32 Å². The molecule has 1 aliphatic rings. The van der Waals surface area contributed by atoms with Crippen LogP contribution >= 0.6 is 11.3 Å². The molecule has 1 fully saturated rings. The predicted molar refractivity (Wildman–Crippen MR) is 84.7 cm³/mol. The Kier molecular flexibility index (Phi) is 3.88. The standard InChI is InChI=1S/C15H18N4OS/c1-3-19-9-11(10(2)18-19)8-16-15-13(6-7-21-15)14(20)17-12-4-5-12/h6-9,12H,3-5H2,1-2H3,(H,17,20)/b16-8+. The summed E-state index contributed by atoms with van der Waals surface area (Å²) in [6, 6.07) is 2.19. The van der Waals surface area contributed by atoms with Gasteiger partial charge < -0.3 is 5.32 Å². The molecule has 1 aliphatic carbocycles. The highest BCUT2D eigenvalue weighted by Gasteiger charge is 2.25. The molecule has 2 aromatic heterocycles. The fourth-order valence-corrected chi connectivity index (χ4v) is 2.75. The minimum Gasteiger partial charge on any atom is -0.349 e. The zero-order valence-corrected chi connectivity index (χ0v) is 13.0. The van der Waals surface area contributed by atoms with Crippen molar-refractivity contribution >= 4 is 28.5 Å². The number of hydrogen-bond acceptors (Lipinski definition) is 4. The van der Waals surface area contributed by atoms with Gasteiger partial charge in [0.1, 0.15) is 5.00 Å². The summed E-state index contributed by atoms with van der Waals surface area (Å²) in [5.74, 6) is -0.0214. The average molecular weight is 302 g/mol. The van der Waals surface area contributed by atoms with E-state index in [-0.39, 0.29) is 5.91 Å². The van der Waals surface area contributed by atoms with Crippen molar-refractivity contribution < 1.29 is 4.79 Å². The Hall–Kier alpha value is -1.95. The van der Waals surface area contributed by atoms with Gasteiger partial charge >= 0.3 is 0 Å². The first-order valence-electron chi connectivity index (χ1n) is 7.14. The third-order valence-corrected chi connectivity index (χ3v) is 4.25. The molecule has 110 valence electrons. The van der Waals surface area contributed by atoms with Gasteiger partial charge in [-0.3, -0.25) is 9.48 Å². The fourth-order valence-electron chi connectivity index (χ4n) is 2.02. The molecule has 5 nitrogen and oxygen atoms in total. The molecule has 0 bridgehead atoms. The molecule has 0 spiro atoms. The maximum atomic E-state index is 12.1. The molecule has 0 atom stereocenters. The monoisotopic (exact) mass is 302 g/mol. The second-order valence-electron chi connectivity index (χ2n) is 5.17. The van der Waals surface area contributed by atoms with Gasteiger partial charge in [0.05, 0.1) is 11.3 Å². The largest absolute Gasteiger partial charge is 0.349 e. The number of amides is 1. The molecular formula is C15H18N4OS. The first-order chi connectivity index (χ1) is 10.2. The molecule has 2 aromatic rings.